The third-order valence-electron chi connectivity index (χ3n) is 2.99. The molecule has 1 amide bonds. The van der Waals surface area contributed by atoms with Crippen LogP contribution in [0.25, 0.3) is 0 Å². The van der Waals surface area contributed by atoms with Crippen LogP contribution in [0.4, 0.5) is 5.69 Å². The zero-order valence-electron chi connectivity index (χ0n) is 11.8. The number of rotatable bonds is 5. The van der Waals surface area contributed by atoms with Crippen molar-refractivity contribution in [2.75, 3.05) is 11.9 Å². The van der Waals surface area contributed by atoms with E-state index < -0.39 is 0 Å². The molecular weight excluding hydrogens is 264 g/mol. The van der Waals surface area contributed by atoms with Crippen LogP contribution in [0.5, 0.6) is 5.75 Å². The molecule has 0 aliphatic carbocycles. The van der Waals surface area contributed by atoms with E-state index in [0.29, 0.717) is 11.3 Å². The predicted molar refractivity (Wildman–Crippen MR) is 81.1 cm³/mol. The van der Waals surface area contributed by atoms with Gasteiger partial charge in [0.1, 0.15) is 11.8 Å². The average Bonchev–Trinajstić information content (AvgIpc) is 2.53. The molecule has 2 rings (SSSR count). The van der Waals surface area contributed by atoms with Crippen molar-refractivity contribution in [2.45, 2.75) is 13.3 Å². The predicted octanol–water partition coefficient (Wildman–Crippen LogP) is 3.14. The molecule has 0 aliphatic rings. The lowest BCUT2D eigenvalue weighted by Crippen LogP contribution is -2.20. The lowest BCUT2D eigenvalue weighted by molar-refractivity contribution is -0.118. The second-order valence-corrected chi connectivity index (χ2v) is 4.50. The highest BCUT2D eigenvalue weighted by molar-refractivity contribution is 5.91. The Kier molecular flexibility index (Phi) is 4.94. The van der Waals surface area contributed by atoms with Gasteiger partial charge in [0.05, 0.1) is 5.56 Å². The molecular formula is C17H16N2O2. The van der Waals surface area contributed by atoms with Crippen LogP contribution < -0.4 is 10.1 Å². The summed E-state index contributed by atoms with van der Waals surface area (Å²) in [4.78, 5) is 11.9. The largest absolute Gasteiger partial charge is 0.482 e. The fraction of sp³-hybridized carbons (Fsp3) is 0.176. The molecule has 0 bridgehead atoms. The molecule has 0 aliphatic heterocycles. The summed E-state index contributed by atoms with van der Waals surface area (Å²) in [5.74, 6) is 0.161. The van der Waals surface area contributed by atoms with Gasteiger partial charge in [-0.3, -0.25) is 4.79 Å². The highest BCUT2D eigenvalue weighted by atomic mass is 16.5. The van der Waals surface area contributed by atoms with Gasteiger partial charge in [-0.1, -0.05) is 31.2 Å². The van der Waals surface area contributed by atoms with Crippen molar-refractivity contribution in [3.8, 4) is 11.8 Å². The maximum atomic E-state index is 11.9. The number of ether oxygens (including phenoxy) is 1. The molecule has 21 heavy (non-hydrogen) atoms. The second kappa shape index (κ2) is 7.11. The van der Waals surface area contributed by atoms with Crippen LogP contribution in [0.2, 0.25) is 0 Å². The van der Waals surface area contributed by atoms with Crippen molar-refractivity contribution in [2.24, 2.45) is 0 Å². The molecule has 0 heterocycles. The molecule has 0 saturated carbocycles. The number of carbonyl (C=O) groups excluding carboxylic acids is 1. The zero-order chi connectivity index (χ0) is 15.1. The summed E-state index contributed by atoms with van der Waals surface area (Å²) in [5, 5.41) is 11.7. The normalized spacial score (nSPS) is 9.71. The first-order chi connectivity index (χ1) is 10.2. The summed E-state index contributed by atoms with van der Waals surface area (Å²) >= 11 is 0. The highest BCUT2D eigenvalue weighted by Crippen LogP contribution is 2.16. The molecule has 2 aromatic carbocycles. The van der Waals surface area contributed by atoms with Gasteiger partial charge in [0.2, 0.25) is 0 Å². The van der Waals surface area contributed by atoms with Crippen molar-refractivity contribution in [3.63, 3.8) is 0 Å². The molecule has 4 heteroatoms. The molecule has 2 aromatic rings. The van der Waals surface area contributed by atoms with Crippen LogP contribution >= 0.6 is 0 Å². The third kappa shape index (κ3) is 4.08. The van der Waals surface area contributed by atoms with Crippen LogP contribution in [0, 0.1) is 11.3 Å². The summed E-state index contributed by atoms with van der Waals surface area (Å²) in [7, 11) is 0. The number of anilines is 1. The van der Waals surface area contributed by atoms with Gasteiger partial charge < -0.3 is 10.1 Å². The average molecular weight is 280 g/mol. The molecule has 106 valence electrons. The number of benzene rings is 2. The van der Waals surface area contributed by atoms with Gasteiger partial charge in [0.15, 0.2) is 6.61 Å². The van der Waals surface area contributed by atoms with E-state index in [9.17, 15) is 4.79 Å². The minimum atomic E-state index is -0.254. The van der Waals surface area contributed by atoms with E-state index in [1.165, 1.54) is 0 Å². The molecule has 4 nitrogen and oxygen atoms in total. The number of nitrogens with one attached hydrogen (secondary N) is 1. The molecule has 0 unspecified atom stereocenters. The summed E-state index contributed by atoms with van der Waals surface area (Å²) in [6.45, 7) is 1.93. The topological polar surface area (TPSA) is 62.1 Å². The first-order valence-electron chi connectivity index (χ1n) is 6.73. The van der Waals surface area contributed by atoms with Gasteiger partial charge in [-0.2, -0.15) is 5.26 Å². The Labute approximate surface area is 124 Å². The first-order valence-corrected chi connectivity index (χ1v) is 6.73. The van der Waals surface area contributed by atoms with Crippen LogP contribution in [0.1, 0.15) is 18.1 Å². The molecule has 0 spiro atoms. The molecule has 0 aromatic heterocycles. The van der Waals surface area contributed by atoms with Gasteiger partial charge >= 0.3 is 0 Å². The van der Waals surface area contributed by atoms with Crippen molar-refractivity contribution in [3.05, 3.63) is 59.7 Å². The SMILES string of the molecule is CCc1cccc(NC(=O)COc2ccccc2C#N)c1. The number of amides is 1. The van der Waals surface area contributed by atoms with Crippen molar-refractivity contribution in [1.29, 1.82) is 5.26 Å². The number of hydrogen-bond donors (Lipinski definition) is 1. The Morgan fingerprint density at radius 3 is 2.81 bits per heavy atom. The molecule has 1 N–H and O–H groups in total. The Balaban J connectivity index is 1.94. The monoisotopic (exact) mass is 280 g/mol. The fourth-order valence-corrected chi connectivity index (χ4v) is 1.89. The maximum absolute atomic E-state index is 11.9. The summed E-state index contributed by atoms with van der Waals surface area (Å²) < 4.78 is 5.38. The molecule has 0 fully saturated rings. The Bertz CT molecular complexity index is 674. The van der Waals surface area contributed by atoms with Crippen LogP contribution in [-0.2, 0) is 11.2 Å². The summed E-state index contributed by atoms with van der Waals surface area (Å²) in [6, 6.07) is 16.5. The zero-order valence-corrected chi connectivity index (χ0v) is 11.8. The van der Waals surface area contributed by atoms with E-state index in [2.05, 4.69) is 12.2 Å². The summed E-state index contributed by atoms with van der Waals surface area (Å²) in [5.41, 5.74) is 2.32. The number of hydrogen-bond acceptors (Lipinski definition) is 3. The van der Waals surface area contributed by atoms with E-state index in [0.717, 1.165) is 17.7 Å². The van der Waals surface area contributed by atoms with Gasteiger partial charge in [0.25, 0.3) is 5.91 Å². The number of para-hydroxylation sites is 1. The molecule has 0 atom stereocenters. The quantitative estimate of drug-likeness (QED) is 0.915. The highest BCUT2D eigenvalue weighted by Gasteiger charge is 2.06. The Morgan fingerprint density at radius 2 is 2.05 bits per heavy atom. The van der Waals surface area contributed by atoms with Gasteiger partial charge in [0, 0.05) is 5.69 Å². The van der Waals surface area contributed by atoms with Crippen molar-refractivity contribution >= 4 is 11.6 Å². The minimum absolute atomic E-state index is 0.130. The van der Waals surface area contributed by atoms with E-state index >= 15 is 0 Å². The van der Waals surface area contributed by atoms with Crippen molar-refractivity contribution in [1.82, 2.24) is 0 Å². The molecule has 0 radical (unpaired) electrons. The lowest BCUT2D eigenvalue weighted by Gasteiger charge is -2.09. The molecule has 0 saturated heterocycles. The van der Waals surface area contributed by atoms with E-state index in [-0.39, 0.29) is 12.5 Å². The Morgan fingerprint density at radius 1 is 1.24 bits per heavy atom. The number of carbonyl (C=O) groups is 1. The number of nitrogens with zero attached hydrogens (tertiary/aromatic N) is 1. The van der Waals surface area contributed by atoms with E-state index in [1.54, 1.807) is 24.3 Å². The first kappa shape index (κ1) is 14.6. The van der Waals surface area contributed by atoms with Gasteiger partial charge in [-0.25, -0.2) is 0 Å². The lowest BCUT2D eigenvalue weighted by atomic mass is 10.1. The summed E-state index contributed by atoms with van der Waals surface area (Å²) in [6.07, 6.45) is 0.912. The van der Waals surface area contributed by atoms with E-state index in [4.69, 9.17) is 10.00 Å². The van der Waals surface area contributed by atoms with Crippen LogP contribution in [0.15, 0.2) is 48.5 Å². The Hall–Kier alpha value is -2.80. The van der Waals surface area contributed by atoms with Gasteiger partial charge in [-0.15, -0.1) is 0 Å². The van der Waals surface area contributed by atoms with Crippen molar-refractivity contribution < 1.29 is 9.53 Å². The third-order valence-corrected chi connectivity index (χ3v) is 2.99. The smallest absolute Gasteiger partial charge is 0.262 e. The number of aryl methyl sites for hydroxylation is 1. The fourth-order valence-electron chi connectivity index (χ4n) is 1.89. The maximum Gasteiger partial charge on any atom is 0.262 e. The van der Waals surface area contributed by atoms with Crippen LogP contribution in [-0.4, -0.2) is 12.5 Å². The second-order valence-electron chi connectivity index (χ2n) is 4.50. The minimum Gasteiger partial charge on any atom is -0.482 e. The van der Waals surface area contributed by atoms with E-state index in [1.807, 2.05) is 30.3 Å². The van der Waals surface area contributed by atoms with Gasteiger partial charge in [-0.05, 0) is 36.2 Å². The van der Waals surface area contributed by atoms with Crippen LogP contribution in [0.3, 0.4) is 0 Å². The number of nitriles is 1. The standard InChI is InChI=1S/C17H16N2O2/c1-2-13-6-5-8-15(10-13)19-17(20)12-21-16-9-4-3-7-14(16)11-18/h3-10H,2,12H2,1H3,(H,19,20).